The number of aromatic hydroxyl groups is 1. The number of rotatable bonds is 8. The third-order valence-corrected chi connectivity index (χ3v) is 6.27. The molecule has 5 nitrogen and oxygen atoms in total. The predicted molar refractivity (Wildman–Crippen MR) is 136 cm³/mol. The van der Waals surface area contributed by atoms with Crippen LogP contribution in [0.4, 0.5) is 5.82 Å². The van der Waals surface area contributed by atoms with Gasteiger partial charge in [0, 0.05) is 18.2 Å². The van der Waals surface area contributed by atoms with Crippen LogP contribution in [-0.2, 0) is 0 Å². The lowest BCUT2D eigenvalue weighted by Crippen LogP contribution is -2.27. The molecule has 1 atom stereocenters. The maximum Gasteiger partial charge on any atom is 0.127 e. The van der Waals surface area contributed by atoms with E-state index >= 15 is 0 Å². The fourth-order valence-electron chi connectivity index (χ4n) is 4.49. The zero-order chi connectivity index (χ0) is 23.4. The van der Waals surface area contributed by atoms with E-state index in [-0.39, 0.29) is 11.9 Å². The van der Waals surface area contributed by atoms with Gasteiger partial charge in [-0.05, 0) is 101 Å². The molecule has 1 aliphatic rings. The number of phenolic OH excluding ortho intramolecular Hbond substituents is 1. The summed E-state index contributed by atoms with van der Waals surface area (Å²) >= 11 is 0. The van der Waals surface area contributed by atoms with Crippen LogP contribution in [0.3, 0.4) is 0 Å². The van der Waals surface area contributed by atoms with Crippen LogP contribution in [0.2, 0.25) is 0 Å². The van der Waals surface area contributed by atoms with E-state index in [1.807, 2.05) is 51.1 Å². The minimum absolute atomic E-state index is 0.141. The number of hydrogen-bond acceptors (Lipinski definition) is 5. The largest absolute Gasteiger partial charge is 0.507 e. The van der Waals surface area contributed by atoms with Crippen molar-refractivity contribution in [2.75, 3.05) is 25.5 Å². The molecule has 0 radical (unpaired) electrons. The van der Waals surface area contributed by atoms with Crippen LogP contribution in [0.5, 0.6) is 11.5 Å². The van der Waals surface area contributed by atoms with Gasteiger partial charge in [-0.25, -0.2) is 4.98 Å². The van der Waals surface area contributed by atoms with E-state index in [9.17, 15) is 5.11 Å². The molecule has 3 aromatic rings. The molecule has 0 aliphatic carbocycles. The second-order valence-corrected chi connectivity index (χ2v) is 9.33. The topological polar surface area (TPSA) is 57.6 Å². The quantitative estimate of drug-likeness (QED) is 0.438. The number of ether oxygens (including phenoxy) is 1. The molecule has 33 heavy (non-hydrogen) atoms. The van der Waals surface area contributed by atoms with Crippen LogP contribution < -0.4 is 10.1 Å². The third-order valence-electron chi connectivity index (χ3n) is 6.27. The van der Waals surface area contributed by atoms with Crippen LogP contribution in [0.15, 0.2) is 54.6 Å². The highest BCUT2D eigenvalue weighted by Gasteiger charge is 2.20. The van der Waals surface area contributed by atoms with Crippen molar-refractivity contribution in [3.8, 4) is 33.9 Å². The number of phenols is 1. The van der Waals surface area contributed by atoms with Gasteiger partial charge in [0.15, 0.2) is 0 Å². The van der Waals surface area contributed by atoms with E-state index in [2.05, 4.69) is 35.5 Å². The fraction of sp³-hybridized carbons (Fsp3) is 0.393. The monoisotopic (exact) mass is 445 g/mol. The van der Waals surface area contributed by atoms with Crippen molar-refractivity contribution in [1.29, 1.82) is 0 Å². The predicted octanol–water partition coefficient (Wildman–Crippen LogP) is 6.11. The van der Waals surface area contributed by atoms with Gasteiger partial charge in [0.1, 0.15) is 17.3 Å². The number of nitrogens with one attached hydrogen (secondary N) is 1. The lowest BCUT2D eigenvalue weighted by Gasteiger charge is -2.20. The van der Waals surface area contributed by atoms with E-state index in [0.29, 0.717) is 6.04 Å². The summed E-state index contributed by atoms with van der Waals surface area (Å²) in [7, 11) is 2.21. The summed E-state index contributed by atoms with van der Waals surface area (Å²) in [6.07, 6.45) is 3.78. The Morgan fingerprint density at radius 2 is 1.88 bits per heavy atom. The van der Waals surface area contributed by atoms with Crippen molar-refractivity contribution in [1.82, 2.24) is 9.88 Å². The van der Waals surface area contributed by atoms with Gasteiger partial charge >= 0.3 is 0 Å². The van der Waals surface area contributed by atoms with Gasteiger partial charge in [0.2, 0.25) is 0 Å². The van der Waals surface area contributed by atoms with Gasteiger partial charge < -0.3 is 20.1 Å². The van der Waals surface area contributed by atoms with E-state index < -0.39 is 0 Å². The molecule has 0 saturated carbocycles. The Labute approximate surface area is 197 Å². The van der Waals surface area contributed by atoms with Crippen molar-refractivity contribution in [3.63, 3.8) is 0 Å². The number of aryl methyl sites for hydroxylation is 1. The van der Waals surface area contributed by atoms with Crippen LogP contribution in [0.1, 0.15) is 38.7 Å². The number of nitrogens with zero attached hydrogens (tertiary/aromatic N) is 2. The van der Waals surface area contributed by atoms with Crippen molar-refractivity contribution in [3.05, 3.63) is 60.2 Å². The Hall–Kier alpha value is -3.05. The maximum absolute atomic E-state index is 10.5. The normalized spacial score (nSPS) is 16.3. The number of anilines is 1. The van der Waals surface area contributed by atoms with Crippen molar-refractivity contribution in [2.24, 2.45) is 0 Å². The van der Waals surface area contributed by atoms with Gasteiger partial charge in [0.25, 0.3) is 0 Å². The molecule has 4 rings (SSSR count). The molecule has 1 aromatic heterocycles. The second kappa shape index (κ2) is 10.3. The SMILES string of the molecule is Cc1ccc(O)c(-c2cc(-c3ccc(OC(C)C)cc3)cc(NCCC3CCCN3C)n2)c1. The highest BCUT2D eigenvalue weighted by atomic mass is 16.5. The third kappa shape index (κ3) is 5.85. The van der Waals surface area contributed by atoms with E-state index in [4.69, 9.17) is 9.72 Å². The van der Waals surface area contributed by atoms with Gasteiger partial charge in [-0.3, -0.25) is 0 Å². The summed E-state index contributed by atoms with van der Waals surface area (Å²) in [5, 5.41) is 14.1. The molecule has 1 unspecified atom stereocenters. The Morgan fingerprint density at radius 3 is 2.58 bits per heavy atom. The first-order valence-corrected chi connectivity index (χ1v) is 11.9. The van der Waals surface area contributed by atoms with Gasteiger partial charge in [-0.1, -0.05) is 23.8 Å². The van der Waals surface area contributed by atoms with Crippen molar-refractivity contribution >= 4 is 5.82 Å². The number of pyridine rings is 1. The molecule has 1 saturated heterocycles. The standard InChI is InChI=1S/C28H35N3O2/c1-19(2)33-24-10-8-21(9-11-24)22-17-26(25-16-20(3)7-12-27(25)32)30-28(18-22)29-14-13-23-6-5-15-31(23)4/h7-12,16-19,23,32H,5-6,13-15H2,1-4H3,(H,29,30). The first kappa shape index (κ1) is 23.1. The number of benzene rings is 2. The zero-order valence-electron chi connectivity index (χ0n) is 20.1. The van der Waals surface area contributed by atoms with Gasteiger partial charge in [-0.15, -0.1) is 0 Å². The van der Waals surface area contributed by atoms with Crippen LogP contribution in [0, 0.1) is 6.92 Å². The Bertz CT molecular complexity index is 1080. The maximum atomic E-state index is 10.5. The summed E-state index contributed by atoms with van der Waals surface area (Å²) in [6, 6.07) is 18.6. The van der Waals surface area contributed by atoms with Gasteiger partial charge in [0.05, 0.1) is 11.8 Å². The van der Waals surface area contributed by atoms with Crippen molar-refractivity contribution in [2.45, 2.75) is 52.2 Å². The Kier molecular flexibility index (Phi) is 7.19. The van der Waals surface area contributed by atoms with Crippen LogP contribution >= 0.6 is 0 Å². The van der Waals surface area contributed by atoms with E-state index in [1.54, 1.807) is 6.07 Å². The van der Waals surface area contributed by atoms with Crippen LogP contribution in [0.25, 0.3) is 22.4 Å². The molecule has 0 spiro atoms. The van der Waals surface area contributed by atoms with Gasteiger partial charge in [-0.2, -0.15) is 0 Å². The Morgan fingerprint density at radius 1 is 1.09 bits per heavy atom. The summed E-state index contributed by atoms with van der Waals surface area (Å²) in [4.78, 5) is 7.31. The molecular formula is C28H35N3O2. The molecular weight excluding hydrogens is 410 g/mol. The summed E-state index contributed by atoms with van der Waals surface area (Å²) in [6.45, 7) is 8.13. The van der Waals surface area contributed by atoms with Crippen molar-refractivity contribution < 1.29 is 9.84 Å². The summed E-state index contributed by atoms with van der Waals surface area (Å²) in [5.41, 5.74) is 4.73. The minimum Gasteiger partial charge on any atom is -0.507 e. The molecule has 5 heteroatoms. The number of hydrogen-bond donors (Lipinski definition) is 2. The highest BCUT2D eigenvalue weighted by Crippen LogP contribution is 2.34. The lowest BCUT2D eigenvalue weighted by molar-refractivity contribution is 0.242. The molecule has 2 heterocycles. The molecule has 0 amide bonds. The van der Waals surface area contributed by atoms with Crippen LogP contribution in [-0.4, -0.2) is 47.3 Å². The Balaban J connectivity index is 1.63. The molecule has 2 N–H and O–H groups in total. The molecule has 0 bridgehead atoms. The van der Waals surface area contributed by atoms with E-state index in [1.165, 1.54) is 19.4 Å². The first-order valence-electron chi connectivity index (χ1n) is 11.9. The molecule has 174 valence electrons. The fourth-order valence-corrected chi connectivity index (χ4v) is 4.49. The zero-order valence-corrected chi connectivity index (χ0v) is 20.1. The number of likely N-dealkylation sites (tertiary alicyclic amines) is 1. The summed E-state index contributed by atoms with van der Waals surface area (Å²) < 4.78 is 5.80. The lowest BCUT2D eigenvalue weighted by atomic mass is 10.0. The summed E-state index contributed by atoms with van der Waals surface area (Å²) in [5.74, 6) is 1.93. The smallest absolute Gasteiger partial charge is 0.127 e. The minimum atomic E-state index is 0.141. The number of aromatic nitrogens is 1. The van der Waals surface area contributed by atoms with E-state index in [0.717, 1.165) is 52.5 Å². The average molecular weight is 446 g/mol. The average Bonchev–Trinajstić information content (AvgIpc) is 3.20. The molecule has 1 fully saturated rings. The molecule has 1 aliphatic heterocycles. The first-order chi connectivity index (χ1) is 15.9. The molecule has 2 aromatic carbocycles. The second-order valence-electron chi connectivity index (χ2n) is 9.33. The highest BCUT2D eigenvalue weighted by molar-refractivity contribution is 5.76.